The van der Waals surface area contributed by atoms with Crippen LogP contribution in [0.4, 0.5) is 0 Å². The average Bonchev–Trinajstić information content (AvgIpc) is 3.29. The topological polar surface area (TPSA) is 75.6 Å². The highest BCUT2D eigenvalue weighted by molar-refractivity contribution is 7.71. The van der Waals surface area contributed by atoms with Crippen LogP contribution in [0.5, 0.6) is 0 Å². The Bertz CT molecular complexity index is 1160. The standard InChI is InChI=1S/C20H18ClN5OS2/c21-14-9-7-13(8-10-14)19-24-25-20(28)26(19)12-17(27)22-11-3-6-18-23-15-4-1-2-5-16(15)29-18/h1-2,4-5,7-10H,3,6,11-12H2,(H,22,27)(H,25,28). The third-order valence-electron chi connectivity index (χ3n) is 4.39. The molecule has 2 aromatic heterocycles. The lowest BCUT2D eigenvalue weighted by molar-refractivity contribution is -0.121. The molecule has 0 unspecified atom stereocenters. The van der Waals surface area contributed by atoms with Crippen LogP contribution in [-0.4, -0.2) is 32.2 Å². The molecule has 2 N–H and O–H groups in total. The summed E-state index contributed by atoms with van der Waals surface area (Å²) in [7, 11) is 0. The smallest absolute Gasteiger partial charge is 0.240 e. The first-order valence-electron chi connectivity index (χ1n) is 9.12. The van der Waals surface area contributed by atoms with Crippen molar-refractivity contribution in [2.75, 3.05) is 6.54 Å². The number of aryl methyl sites for hydroxylation is 1. The number of para-hydroxylation sites is 1. The second kappa shape index (κ2) is 8.86. The number of fused-ring (bicyclic) bond motifs is 1. The summed E-state index contributed by atoms with van der Waals surface area (Å²) >= 11 is 12.9. The van der Waals surface area contributed by atoms with E-state index in [1.165, 1.54) is 4.70 Å². The minimum Gasteiger partial charge on any atom is -0.355 e. The Morgan fingerprint density at radius 2 is 2.00 bits per heavy atom. The Morgan fingerprint density at radius 1 is 1.21 bits per heavy atom. The Hall–Kier alpha value is -2.55. The van der Waals surface area contributed by atoms with Crippen molar-refractivity contribution < 1.29 is 4.79 Å². The van der Waals surface area contributed by atoms with E-state index in [0.29, 0.717) is 22.2 Å². The molecule has 0 saturated carbocycles. The van der Waals surface area contributed by atoms with Gasteiger partial charge in [0.25, 0.3) is 0 Å². The second-order valence-electron chi connectivity index (χ2n) is 6.47. The van der Waals surface area contributed by atoms with Crippen LogP contribution in [0.2, 0.25) is 5.02 Å². The number of rotatable bonds is 7. The minimum absolute atomic E-state index is 0.106. The van der Waals surface area contributed by atoms with Gasteiger partial charge in [0, 0.05) is 23.6 Å². The molecule has 4 aromatic rings. The maximum Gasteiger partial charge on any atom is 0.240 e. The normalized spacial score (nSPS) is 11.1. The van der Waals surface area contributed by atoms with Gasteiger partial charge in [0.1, 0.15) is 6.54 Å². The Labute approximate surface area is 181 Å². The average molecular weight is 444 g/mol. The second-order valence-corrected chi connectivity index (χ2v) is 8.41. The molecule has 0 aliphatic carbocycles. The highest BCUT2D eigenvalue weighted by Gasteiger charge is 2.12. The maximum absolute atomic E-state index is 12.4. The van der Waals surface area contributed by atoms with E-state index in [-0.39, 0.29) is 12.5 Å². The van der Waals surface area contributed by atoms with Gasteiger partial charge in [-0.05, 0) is 55.0 Å². The molecular weight excluding hydrogens is 426 g/mol. The van der Waals surface area contributed by atoms with Gasteiger partial charge < -0.3 is 5.32 Å². The van der Waals surface area contributed by atoms with Crippen molar-refractivity contribution in [1.29, 1.82) is 0 Å². The molecule has 0 spiro atoms. The Morgan fingerprint density at radius 3 is 2.79 bits per heavy atom. The number of carbonyl (C=O) groups is 1. The fourth-order valence-electron chi connectivity index (χ4n) is 2.98. The SMILES string of the molecule is O=C(Cn1c(-c2ccc(Cl)cc2)n[nH]c1=S)NCCCc1nc2ccccc2s1. The molecule has 9 heteroatoms. The van der Waals surface area contributed by atoms with Gasteiger partial charge in [-0.2, -0.15) is 5.10 Å². The Balaban J connectivity index is 1.32. The number of carbonyl (C=O) groups excluding carboxylic acids is 1. The van der Waals surface area contributed by atoms with E-state index in [1.807, 2.05) is 30.3 Å². The molecule has 0 atom stereocenters. The maximum atomic E-state index is 12.4. The van der Waals surface area contributed by atoms with Crippen LogP contribution < -0.4 is 5.32 Å². The van der Waals surface area contributed by atoms with E-state index in [9.17, 15) is 4.79 Å². The highest BCUT2D eigenvalue weighted by Crippen LogP contribution is 2.22. The summed E-state index contributed by atoms with van der Waals surface area (Å²) in [5.74, 6) is 0.498. The van der Waals surface area contributed by atoms with E-state index >= 15 is 0 Å². The largest absolute Gasteiger partial charge is 0.355 e. The van der Waals surface area contributed by atoms with Crippen molar-refractivity contribution in [2.24, 2.45) is 0 Å². The van der Waals surface area contributed by atoms with Crippen LogP contribution in [-0.2, 0) is 17.8 Å². The molecular formula is C20H18ClN5OS2. The summed E-state index contributed by atoms with van der Waals surface area (Å²) in [6, 6.07) is 15.4. The van der Waals surface area contributed by atoms with Crippen molar-refractivity contribution >= 4 is 51.3 Å². The first-order valence-corrected chi connectivity index (χ1v) is 10.7. The molecule has 148 valence electrons. The predicted molar refractivity (Wildman–Crippen MR) is 119 cm³/mol. The van der Waals surface area contributed by atoms with Crippen LogP contribution in [0.1, 0.15) is 11.4 Å². The lowest BCUT2D eigenvalue weighted by Crippen LogP contribution is -2.29. The number of halogens is 1. The summed E-state index contributed by atoms with van der Waals surface area (Å²) in [5, 5.41) is 11.7. The first-order chi connectivity index (χ1) is 14.1. The highest BCUT2D eigenvalue weighted by atomic mass is 35.5. The molecule has 0 fully saturated rings. The number of nitrogens with zero attached hydrogens (tertiary/aromatic N) is 3. The molecule has 2 aromatic carbocycles. The molecule has 0 aliphatic heterocycles. The summed E-state index contributed by atoms with van der Waals surface area (Å²) in [4.78, 5) is 17.0. The van der Waals surface area contributed by atoms with Gasteiger partial charge in [-0.25, -0.2) is 4.98 Å². The zero-order valence-corrected chi connectivity index (χ0v) is 17.8. The Kier molecular flexibility index (Phi) is 6.03. The van der Waals surface area contributed by atoms with E-state index < -0.39 is 0 Å². The lowest BCUT2D eigenvalue weighted by Gasteiger charge is -2.08. The third-order valence-corrected chi connectivity index (χ3v) is 6.05. The lowest BCUT2D eigenvalue weighted by atomic mass is 10.2. The quantitative estimate of drug-likeness (QED) is 0.323. The van der Waals surface area contributed by atoms with Crippen molar-refractivity contribution in [1.82, 2.24) is 25.1 Å². The van der Waals surface area contributed by atoms with E-state index in [0.717, 1.165) is 28.9 Å². The number of aromatic nitrogens is 4. The van der Waals surface area contributed by atoms with Crippen molar-refractivity contribution in [2.45, 2.75) is 19.4 Å². The predicted octanol–water partition coefficient (Wildman–Crippen LogP) is 4.62. The molecule has 0 aliphatic rings. The number of benzene rings is 2. The van der Waals surface area contributed by atoms with E-state index in [4.69, 9.17) is 23.8 Å². The third kappa shape index (κ3) is 4.72. The summed E-state index contributed by atoms with van der Waals surface area (Å²) < 4.78 is 3.27. The monoisotopic (exact) mass is 443 g/mol. The van der Waals surface area contributed by atoms with Crippen LogP contribution in [0, 0.1) is 4.77 Å². The first kappa shape index (κ1) is 19.8. The number of hydrogen-bond donors (Lipinski definition) is 2. The fraction of sp³-hybridized carbons (Fsp3) is 0.200. The molecule has 4 rings (SSSR count). The number of amides is 1. The number of H-pyrrole nitrogens is 1. The molecule has 29 heavy (non-hydrogen) atoms. The molecule has 6 nitrogen and oxygen atoms in total. The van der Waals surface area contributed by atoms with Gasteiger partial charge in [0.2, 0.25) is 5.91 Å². The molecule has 0 bridgehead atoms. The van der Waals surface area contributed by atoms with Gasteiger partial charge in [-0.15, -0.1) is 11.3 Å². The van der Waals surface area contributed by atoms with Crippen molar-refractivity contribution in [3.8, 4) is 11.4 Å². The van der Waals surface area contributed by atoms with Gasteiger partial charge in [0.05, 0.1) is 15.2 Å². The molecule has 0 saturated heterocycles. The number of aromatic amines is 1. The van der Waals surface area contributed by atoms with Crippen molar-refractivity contribution in [3.63, 3.8) is 0 Å². The van der Waals surface area contributed by atoms with Crippen molar-refractivity contribution in [3.05, 3.63) is 63.3 Å². The molecule has 0 radical (unpaired) electrons. The van der Waals surface area contributed by atoms with Gasteiger partial charge >= 0.3 is 0 Å². The summed E-state index contributed by atoms with van der Waals surface area (Å²) in [6.45, 7) is 0.685. The fourth-order valence-corrected chi connectivity index (χ4v) is 4.31. The van der Waals surface area contributed by atoms with Gasteiger partial charge in [-0.1, -0.05) is 23.7 Å². The van der Waals surface area contributed by atoms with Gasteiger partial charge in [-0.3, -0.25) is 14.5 Å². The zero-order valence-electron chi connectivity index (χ0n) is 15.4. The zero-order chi connectivity index (χ0) is 20.2. The van der Waals surface area contributed by atoms with Crippen LogP contribution in [0.15, 0.2) is 48.5 Å². The summed E-state index contributed by atoms with van der Waals surface area (Å²) in [5.41, 5.74) is 1.87. The number of thiazole rings is 1. The number of hydrogen-bond acceptors (Lipinski definition) is 5. The molecule has 1 amide bonds. The van der Waals surface area contributed by atoms with E-state index in [1.54, 1.807) is 28.0 Å². The van der Waals surface area contributed by atoms with Crippen LogP contribution in [0.25, 0.3) is 21.6 Å². The van der Waals surface area contributed by atoms with Crippen LogP contribution >= 0.6 is 35.2 Å². The van der Waals surface area contributed by atoms with Crippen LogP contribution in [0.3, 0.4) is 0 Å². The van der Waals surface area contributed by atoms with Gasteiger partial charge in [0.15, 0.2) is 10.6 Å². The minimum atomic E-state index is -0.109. The van der Waals surface area contributed by atoms with E-state index in [2.05, 4.69) is 26.6 Å². The molecule has 2 heterocycles. The summed E-state index contributed by atoms with van der Waals surface area (Å²) in [6.07, 6.45) is 1.66. The number of nitrogens with one attached hydrogen (secondary N) is 2.